The predicted octanol–water partition coefficient (Wildman–Crippen LogP) is 3.23. The maximum atomic E-state index is 12.5. The van der Waals surface area contributed by atoms with E-state index in [0.717, 1.165) is 22.0 Å². The smallest absolute Gasteiger partial charge is 0.259 e. The maximum Gasteiger partial charge on any atom is 0.259 e. The van der Waals surface area contributed by atoms with Gasteiger partial charge in [0.2, 0.25) is 10.0 Å². The van der Waals surface area contributed by atoms with E-state index in [-0.39, 0.29) is 11.3 Å². The number of anilines is 2. The quantitative estimate of drug-likeness (QED) is 0.747. The Bertz CT molecular complexity index is 1030. The fraction of sp³-hybridized carbons (Fsp3) is 0.125. The second-order valence-electron chi connectivity index (χ2n) is 5.36. The van der Waals surface area contributed by atoms with Crippen LogP contribution in [0, 0.1) is 6.92 Å². The zero-order valence-corrected chi connectivity index (χ0v) is 14.7. The highest BCUT2D eigenvalue weighted by Crippen LogP contribution is 2.27. The van der Waals surface area contributed by atoms with Gasteiger partial charge in [0, 0.05) is 0 Å². The first-order valence-electron chi connectivity index (χ1n) is 7.07. The van der Waals surface area contributed by atoms with Gasteiger partial charge in [-0.3, -0.25) is 14.8 Å². The number of thiazole rings is 1. The predicted molar refractivity (Wildman–Crippen MR) is 97.2 cm³/mol. The van der Waals surface area contributed by atoms with Crippen LogP contribution in [0.1, 0.15) is 15.9 Å². The van der Waals surface area contributed by atoms with E-state index in [2.05, 4.69) is 15.0 Å². The number of benzene rings is 2. The summed E-state index contributed by atoms with van der Waals surface area (Å²) < 4.78 is 26.2. The van der Waals surface area contributed by atoms with Gasteiger partial charge in [0.1, 0.15) is 0 Å². The molecule has 0 aliphatic rings. The van der Waals surface area contributed by atoms with Crippen LogP contribution in [0.3, 0.4) is 0 Å². The molecule has 6 nitrogen and oxygen atoms in total. The highest BCUT2D eigenvalue weighted by atomic mass is 32.2. The largest absolute Gasteiger partial charge is 0.298 e. The second kappa shape index (κ2) is 6.21. The van der Waals surface area contributed by atoms with Gasteiger partial charge >= 0.3 is 0 Å². The fourth-order valence-corrected chi connectivity index (χ4v) is 3.76. The summed E-state index contributed by atoms with van der Waals surface area (Å²) in [5.74, 6) is -0.419. The Hall–Kier alpha value is -2.45. The first kappa shape index (κ1) is 16.4. The third-order valence-electron chi connectivity index (χ3n) is 3.23. The molecular weight excluding hydrogens is 346 g/mol. The Morgan fingerprint density at radius 3 is 2.67 bits per heavy atom. The van der Waals surface area contributed by atoms with Crippen LogP contribution in [0.2, 0.25) is 0 Å². The van der Waals surface area contributed by atoms with Crippen LogP contribution in [0.15, 0.2) is 42.5 Å². The molecule has 0 saturated heterocycles. The molecule has 0 unspecified atom stereocenters. The average Bonchev–Trinajstić information content (AvgIpc) is 2.87. The lowest BCUT2D eigenvalue weighted by molar-refractivity contribution is 0.102. The number of amides is 1. The highest BCUT2D eigenvalue weighted by molar-refractivity contribution is 7.92. The first-order valence-corrected chi connectivity index (χ1v) is 9.78. The molecule has 8 heteroatoms. The Morgan fingerprint density at radius 2 is 1.92 bits per heavy atom. The third kappa shape index (κ3) is 3.72. The molecule has 2 N–H and O–H groups in total. The standard InChI is InChI=1S/C16H15N3O3S2/c1-10-7-8-13-14(9-10)23-16(17-13)18-15(20)11-5-3-4-6-12(11)19-24(2,21)22/h3-9,19H,1-2H3,(H,17,18,20). The number of aryl methyl sites for hydroxylation is 1. The fourth-order valence-electron chi connectivity index (χ4n) is 2.22. The maximum absolute atomic E-state index is 12.5. The van der Waals surface area contributed by atoms with Gasteiger partial charge in [0.05, 0.1) is 27.7 Å². The lowest BCUT2D eigenvalue weighted by Crippen LogP contribution is -2.17. The monoisotopic (exact) mass is 361 g/mol. The highest BCUT2D eigenvalue weighted by Gasteiger charge is 2.15. The van der Waals surface area contributed by atoms with Gasteiger partial charge in [-0.1, -0.05) is 29.5 Å². The zero-order valence-electron chi connectivity index (χ0n) is 13.0. The van der Waals surface area contributed by atoms with Crippen LogP contribution in [0.25, 0.3) is 10.2 Å². The van der Waals surface area contributed by atoms with Crippen molar-refractivity contribution in [3.05, 3.63) is 53.6 Å². The van der Waals surface area contributed by atoms with Crippen molar-refractivity contribution in [3.8, 4) is 0 Å². The summed E-state index contributed by atoms with van der Waals surface area (Å²) in [6.07, 6.45) is 1.04. The summed E-state index contributed by atoms with van der Waals surface area (Å²) in [5, 5.41) is 3.19. The van der Waals surface area contributed by atoms with E-state index in [0.29, 0.717) is 5.13 Å². The van der Waals surface area contributed by atoms with Gasteiger partial charge in [0.25, 0.3) is 5.91 Å². The van der Waals surface area contributed by atoms with Crippen molar-refractivity contribution in [2.24, 2.45) is 0 Å². The Morgan fingerprint density at radius 1 is 1.17 bits per heavy atom. The number of fused-ring (bicyclic) bond motifs is 1. The van der Waals surface area contributed by atoms with E-state index in [4.69, 9.17) is 0 Å². The van der Waals surface area contributed by atoms with E-state index >= 15 is 0 Å². The molecule has 0 aliphatic carbocycles. The lowest BCUT2D eigenvalue weighted by atomic mass is 10.2. The molecule has 2 aromatic carbocycles. The summed E-state index contributed by atoms with van der Waals surface area (Å²) in [5.41, 5.74) is 2.39. The number of aromatic nitrogens is 1. The number of nitrogens with one attached hydrogen (secondary N) is 2. The molecular formula is C16H15N3O3S2. The van der Waals surface area contributed by atoms with Crippen molar-refractivity contribution in [3.63, 3.8) is 0 Å². The van der Waals surface area contributed by atoms with Gasteiger partial charge < -0.3 is 0 Å². The number of hydrogen-bond acceptors (Lipinski definition) is 5. The molecule has 0 fully saturated rings. The Kier molecular flexibility index (Phi) is 4.25. The van der Waals surface area contributed by atoms with Crippen molar-refractivity contribution in [1.82, 2.24) is 4.98 Å². The van der Waals surface area contributed by atoms with Gasteiger partial charge in [0.15, 0.2) is 5.13 Å². The molecule has 124 valence electrons. The van der Waals surface area contributed by atoms with Crippen LogP contribution >= 0.6 is 11.3 Å². The number of carbonyl (C=O) groups excluding carboxylic acids is 1. The van der Waals surface area contributed by atoms with E-state index in [1.807, 2.05) is 25.1 Å². The van der Waals surface area contributed by atoms with Gasteiger partial charge in [-0.05, 0) is 36.8 Å². The number of para-hydroxylation sites is 1. The third-order valence-corrected chi connectivity index (χ3v) is 4.76. The van der Waals surface area contributed by atoms with E-state index in [1.165, 1.54) is 17.4 Å². The number of carbonyl (C=O) groups is 1. The Balaban J connectivity index is 1.89. The van der Waals surface area contributed by atoms with Crippen molar-refractivity contribution in [2.75, 3.05) is 16.3 Å². The number of rotatable bonds is 4. The van der Waals surface area contributed by atoms with E-state index < -0.39 is 15.9 Å². The van der Waals surface area contributed by atoms with Gasteiger partial charge in [-0.25, -0.2) is 13.4 Å². The zero-order chi connectivity index (χ0) is 17.3. The van der Waals surface area contributed by atoms with Crippen LogP contribution in [0.4, 0.5) is 10.8 Å². The Labute approximate surface area is 143 Å². The second-order valence-corrected chi connectivity index (χ2v) is 8.14. The van der Waals surface area contributed by atoms with Gasteiger partial charge in [-0.15, -0.1) is 0 Å². The summed E-state index contributed by atoms with van der Waals surface area (Å²) in [6.45, 7) is 1.99. The average molecular weight is 361 g/mol. The molecule has 3 aromatic rings. The summed E-state index contributed by atoms with van der Waals surface area (Å²) >= 11 is 1.37. The van der Waals surface area contributed by atoms with Crippen LogP contribution in [-0.4, -0.2) is 25.6 Å². The number of nitrogens with zero attached hydrogens (tertiary/aromatic N) is 1. The number of hydrogen-bond donors (Lipinski definition) is 2. The summed E-state index contributed by atoms with van der Waals surface area (Å²) in [6, 6.07) is 12.3. The minimum Gasteiger partial charge on any atom is -0.298 e. The van der Waals surface area contributed by atoms with Crippen molar-refractivity contribution in [2.45, 2.75) is 6.92 Å². The molecule has 0 aliphatic heterocycles. The van der Waals surface area contributed by atoms with E-state index in [9.17, 15) is 13.2 Å². The van der Waals surface area contributed by atoms with Crippen molar-refractivity contribution >= 4 is 48.3 Å². The molecule has 0 atom stereocenters. The summed E-state index contributed by atoms with van der Waals surface area (Å²) in [4.78, 5) is 16.9. The van der Waals surface area contributed by atoms with Crippen LogP contribution < -0.4 is 10.0 Å². The van der Waals surface area contributed by atoms with Crippen molar-refractivity contribution < 1.29 is 13.2 Å². The first-order chi connectivity index (χ1) is 11.3. The molecule has 1 aromatic heterocycles. The minimum absolute atomic E-state index is 0.231. The molecule has 0 spiro atoms. The molecule has 1 amide bonds. The molecule has 24 heavy (non-hydrogen) atoms. The van der Waals surface area contributed by atoms with Gasteiger partial charge in [-0.2, -0.15) is 0 Å². The minimum atomic E-state index is -3.47. The topological polar surface area (TPSA) is 88.2 Å². The van der Waals surface area contributed by atoms with E-state index in [1.54, 1.807) is 18.2 Å². The lowest BCUT2D eigenvalue weighted by Gasteiger charge is -2.09. The molecule has 1 heterocycles. The number of sulfonamides is 1. The van der Waals surface area contributed by atoms with Crippen LogP contribution in [-0.2, 0) is 10.0 Å². The normalized spacial score (nSPS) is 11.4. The van der Waals surface area contributed by atoms with Crippen LogP contribution in [0.5, 0.6) is 0 Å². The molecule has 0 bridgehead atoms. The molecule has 0 saturated carbocycles. The summed E-state index contributed by atoms with van der Waals surface area (Å²) in [7, 11) is -3.47. The molecule has 0 radical (unpaired) electrons. The SMILES string of the molecule is Cc1ccc2nc(NC(=O)c3ccccc3NS(C)(=O)=O)sc2c1. The molecule has 3 rings (SSSR count). The van der Waals surface area contributed by atoms with Crippen molar-refractivity contribution in [1.29, 1.82) is 0 Å².